The van der Waals surface area contributed by atoms with Crippen LogP contribution in [0, 0.1) is 11.7 Å². The van der Waals surface area contributed by atoms with E-state index in [1.807, 2.05) is 0 Å². The molecule has 0 radical (unpaired) electrons. The van der Waals surface area contributed by atoms with Gasteiger partial charge in [0, 0.05) is 45.0 Å². The van der Waals surface area contributed by atoms with E-state index >= 15 is 0 Å². The molecule has 2 saturated heterocycles. The van der Waals surface area contributed by atoms with Gasteiger partial charge in [0.1, 0.15) is 28.3 Å². The second-order valence-corrected chi connectivity index (χ2v) is 10.9. The fourth-order valence-corrected chi connectivity index (χ4v) is 5.50. The summed E-state index contributed by atoms with van der Waals surface area (Å²) in [5, 5.41) is 7.73. The molecule has 3 aromatic heterocycles. The lowest BCUT2D eigenvalue weighted by molar-refractivity contribution is -0.126. The van der Waals surface area contributed by atoms with Crippen LogP contribution in [-0.2, 0) is 4.79 Å². The highest BCUT2D eigenvalue weighted by Gasteiger charge is 2.29. The number of halogens is 2. The third-order valence-electron chi connectivity index (χ3n) is 7.75. The van der Waals surface area contributed by atoms with Crippen LogP contribution in [0.3, 0.4) is 0 Å². The minimum atomic E-state index is -0.652. The number of benzene rings is 1. The van der Waals surface area contributed by atoms with E-state index in [1.54, 1.807) is 17.2 Å². The monoisotopic (exact) mass is 580 g/mol. The van der Waals surface area contributed by atoms with Crippen molar-refractivity contribution in [1.82, 2.24) is 34.9 Å². The van der Waals surface area contributed by atoms with Crippen molar-refractivity contribution >= 4 is 45.1 Å². The van der Waals surface area contributed by atoms with Crippen molar-refractivity contribution < 1.29 is 18.7 Å². The van der Waals surface area contributed by atoms with Crippen LogP contribution >= 0.6 is 11.6 Å². The highest BCUT2D eigenvalue weighted by Crippen LogP contribution is 2.40. The van der Waals surface area contributed by atoms with E-state index in [2.05, 4.69) is 45.5 Å². The molecule has 2 aliphatic rings. The number of nitrogens with one attached hydrogen (secondary N) is 1. The number of likely N-dealkylation sites (N-methyl/N-ethyl adjacent to an activating group) is 1. The number of rotatable bonds is 6. The van der Waals surface area contributed by atoms with E-state index in [4.69, 9.17) is 31.0 Å². The summed E-state index contributed by atoms with van der Waals surface area (Å²) >= 11 is 6.35. The molecule has 0 bridgehead atoms. The Balaban J connectivity index is 1.43. The molecule has 2 atom stereocenters. The number of anilines is 1. The summed E-state index contributed by atoms with van der Waals surface area (Å²) in [6.45, 7) is 9.64. The number of carbonyl (C=O) groups is 1. The Morgan fingerprint density at radius 1 is 1.22 bits per heavy atom. The number of hydrogen-bond donors (Lipinski definition) is 1. The summed E-state index contributed by atoms with van der Waals surface area (Å²) in [5.41, 5.74) is 0.828. The molecule has 214 valence electrons. The van der Waals surface area contributed by atoms with Gasteiger partial charge in [-0.05, 0) is 38.1 Å². The number of likely N-dealkylation sites (tertiary alicyclic amines) is 1. The van der Waals surface area contributed by atoms with Crippen molar-refractivity contribution in [3.63, 3.8) is 0 Å². The Kier molecular flexibility index (Phi) is 7.35. The molecule has 1 unspecified atom stereocenters. The predicted octanol–water partition coefficient (Wildman–Crippen LogP) is 4.04. The number of carbonyl (C=O) groups excluding carboxylic acids is 1. The van der Waals surface area contributed by atoms with Crippen LogP contribution in [0.4, 0.5) is 10.2 Å². The topological polar surface area (TPSA) is 113 Å². The molecular weight excluding hydrogens is 551 g/mol. The van der Waals surface area contributed by atoms with Crippen LogP contribution in [0.2, 0.25) is 5.02 Å². The number of pyridine rings is 1. The molecule has 2 fully saturated rings. The third-order valence-corrected chi connectivity index (χ3v) is 8.10. The van der Waals surface area contributed by atoms with E-state index in [0.29, 0.717) is 59.7 Å². The minimum Gasteiger partial charge on any atom is -0.458 e. The summed E-state index contributed by atoms with van der Waals surface area (Å²) < 4.78 is 27.2. The van der Waals surface area contributed by atoms with E-state index in [-0.39, 0.29) is 34.7 Å². The van der Waals surface area contributed by atoms with Gasteiger partial charge in [-0.2, -0.15) is 15.1 Å². The number of aromatic amines is 1. The summed E-state index contributed by atoms with van der Waals surface area (Å²) in [6.07, 6.45) is 5.32. The lowest BCUT2D eigenvalue weighted by Crippen LogP contribution is -2.48. The average Bonchev–Trinajstić information content (AvgIpc) is 3.45. The quantitative estimate of drug-likeness (QED) is 0.338. The zero-order valence-electron chi connectivity index (χ0n) is 22.8. The van der Waals surface area contributed by atoms with Crippen LogP contribution in [0.15, 0.2) is 37.2 Å². The molecule has 6 rings (SSSR count). The maximum Gasteiger partial charge on any atom is 0.319 e. The van der Waals surface area contributed by atoms with Gasteiger partial charge in [0.25, 0.3) is 0 Å². The van der Waals surface area contributed by atoms with E-state index in [1.165, 1.54) is 18.3 Å². The van der Waals surface area contributed by atoms with E-state index in [9.17, 15) is 9.18 Å². The van der Waals surface area contributed by atoms with Crippen LogP contribution < -0.4 is 14.4 Å². The number of nitrogens with zero attached hydrogens (tertiary/aromatic N) is 7. The zero-order valence-corrected chi connectivity index (χ0v) is 23.6. The molecular formula is C28H30ClFN8O3. The number of piperidine rings is 1. The van der Waals surface area contributed by atoms with Crippen molar-refractivity contribution in [1.29, 1.82) is 0 Å². The van der Waals surface area contributed by atoms with Crippen LogP contribution in [-0.4, -0.2) is 93.3 Å². The zero-order chi connectivity index (χ0) is 28.7. The van der Waals surface area contributed by atoms with Gasteiger partial charge in [-0.15, -0.1) is 0 Å². The largest absolute Gasteiger partial charge is 0.458 e. The number of fused-ring (bicyclic) bond motifs is 2. The third kappa shape index (κ3) is 5.24. The molecule has 1 amide bonds. The van der Waals surface area contributed by atoms with Crippen molar-refractivity contribution in [2.45, 2.75) is 19.4 Å². The lowest BCUT2D eigenvalue weighted by atomic mass is 9.96. The standard InChI is InChI=1S/C28H30ClFN8O3/c1-4-22(39)37-9-11-38(12-10-37)26-17-5-7-31-27(41-25-18-14-32-35-20(18)13-19(30)23(25)29)24(17)33-28(34-26)40-21-15-36(3)8-6-16(21)2/h4-5,7,13-14,16,21H,1,6,8-12,15H2,2-3H3,(H,32,35)/t16?,21-/m1/s1. The molecule has 1 aromatic carbocycles. The van der Waals surface area contributed by atoms with Crippen molar-refractivity contribution in [3.05, 3.63) is 48.0 Å². The number of ether oxygens (including phenoxy) is 2. The first kappa shape index (κ1) is 27.2. The highest BCUT2D eigenvalue weighted by atomic mass is 35.5. The number of hydrogen-bond acceptors (Lipinski definition) is 9. The molecule has 13 heteroatoms. The number of H-pyrrole nitrogens is 1. The molecule has 0 saturated carbocycles. The van der Waals surface area contributed by atoms with Gasteiger partial charge in [0.15, 0.2) is 5.75 Å². The number of piperazine rings is 1. The second kappa shape index (κ2) is 11.1. The molecule has 0 spiro atoms. The Labute approximate surface area is 240 Å². The van der Waals surface area contributed by atoms with E-state index < -0.39 is 5.82 Å². The summed E-state index contributed by atoms with van der Waals surface area (Å²) in [7, 11) is 2.06. The minimum absolute atomic E-state index is 0.0807. The molecule has 11 nitrogen and oxygen atoms in total. The lowest BCUT2D eigenvalue weighted by Gasteiger charge is -2.36. The molecule has 5 heterocycles. The van der Waals surface area contributed by atoms with Gasteiger partial charge in [-0.3, -0.25) is 9.89 Å². The van der Waals surface area contributed by atoms with Gasteiger partial charge >= 0.3 is 6.01 Å². The van der Waals surface area contributed by atoms with Crippen molar-refractivity contribution in [2.75, 3.05) is 51.2 Å². The van der Waals surface area contributed by atoms with E-state index in [0.717, 1.165) is 19.5 Å². The Bertz CT molecular complexity index is 1620. The summed E-state index contributed by atoms with van der Waals surface area (Å²) in [4.78, 5) is 32.3. The first-order valence-electron chi connectivity index (χ1n) is 13.5. The normalized spacial score (nSPS) is 20.0. The maximum absolute atomic E-state index is 14.6. The highest BCUT2D eigenvalue weighted by molar-refractivity contribution is 6.33. The fourth-order valence-electron chi connectivity index (χ4n) is 5.31. The Morgan fingerprint density at radius 3 is 2.80 bits per heavy atom. The number of amides is 1. The molecule has 4 aromatic rings. The van der Waals surface area contributed by atoms with Crippen molar-refractivity contribution in [3.8, 4) is 17.6 Å². The first-order valence-corrected chi connectivity index (χ1v) is 13.9. The SMILES string of the molecule is C=CC(=O)N1CCN(c2nc(O[C@@H]3CN(C)CCC3C)nc3c(Oc4c(Cl)c(F)cc5[nH]ncc45)nccc23)CC1. The first-order chi connectivity index (χ1) is 19.8. The van der Waals surface area contributed by atoms with Crippen molar-refractivity contribution in [2.24, 2.45) is 5.92 Å². The Hall–Kier alpha value is -4.03. The van der Waals surface area contributed by atoms with Crippen LogP contribution in [0.5, 0.6) is 17.6 Å². The van der Waals surface area contributed by atoms with Gasteiger partial charge in [0.05, 0.1) is 22.5 Å². The number of aromatic nitrogens is 5. The molecule has 0 aliphatic carbocycles. The summed E-state index contributed by atoms with van der Waals surface area (Å²) in [5.74, 6) is 0.401. The van der Waals surface area contributed by atoms with Crippen LogP contribution in [0.25, 0.3) is 21.8 Å². The predicted molar refractivity (Wildman–Crippen MR) is 153 cm³/mol. The van der Waals surface area contributed by atoms with Gasteiger partial charge < -0.3 is 24.2 Å². The van der Waals surface area contributed by atoms with Gasteiger partial charge in [-0.25, -0.2) is 9.37 Å². The molecule has 1 N–H and O–H groups in total. The van der Waals surface area contributed by atoms with Gasteiger partial charge in [-0.1, -0.05) is 25.1 Å². The maximum atomic E-state index is 14.6. The van der Waals surface area contributed by atoms with Gasteiger partial charge in [0.2, 0.25) is 11.8 Å². The summed E-state index contributed by atoms with van der Waals surface area (Å²) in [6, 6.07) is 3.26. The molecule has 41 heavy (non-hydrogen) atoms. The smallest absolute Gasteiger partial charge is 0.319 e. The molecule has 2 aliphatic heterocycles. The Morgan fingerprint density at radius 2 is 2.02 bits per heavy atom. The second-order valence-electron chi connectivity index (χ2n) is 10.5. The average molecular weight is 581 g/mol. The fraction of sp³-hybridized carbons (Fsp3) is 0.393. The van der Waals surface area contributed by atoms with Crippen LogP contribution in [0.1, 0.15) is 13.3 Å².